The van der Waals surface area contributed by atoms with Gasteiger partial charge in [0.05, 0.1) is 25.6 Å². The van der Waals surface area contributed by atoms with Crippen LogP contribution in [0.15, 0.2) is 105 Å². The van der Waals surface area contributed by atoms with E-state index in [1.54, 1.807) is 19.4 Å². The van der Waals surface area contributed by atoms with Crippen LogP contribution in [-0.2, 0) is 11.3 Å². The molecule has 9 heteroatoms. The molecule has 44 heavy (non-hydrogen) atoms. The summed E-state index contributed by atoms with van der Waals surface area (Å²) in [6.07, 6.45) is 1.76. The molecule has 0 radical (unpaired) electrons. The Balaban J connectivity index is 1.36. The van der Waals surface area contributed by atoms with E-state index < -0.39 is 0 Å². The number of carbonyl (C=O) groups excluding carboxylic acids is 1. The van der Waals surface area contributed by atoms with E-state index in [-0.39, 0.29) is 12.5 Å². The van der Waals surface area contributed by atoms with Crippen LogP contribution >= 0.6 is 27.3 Å². The summed E-state index contributed by atoms with van der Waals surface area (Å²) in [4.78, 5) is 18.3. The minimum absolute atomic E-state index is 0.149. The number of rotatable bonds is 10. The van der Waals surface area contributed by atoms with Gasteiger partial charge < -0.3 is 14.8 Å². The van der Waals surface area contributed by atoms with Gasteiger partial charge in [-0.25, -0.2) is 4.68 Å². The third kappa shape index (κ3) is 7.72. The molecular formula is C35H33BrN4O3S. The van der Waals surface area contributed by atoms with Crippen molar-refractivity contribution in [3.05, 3.63) is 127 Å². The maximum absolute atomic E-state index is 12.7. The molecule has 5 rings (SSSR count). The summed E-state index contributed by atoms with van der Waals surface area (Å²) in [6, 6.07) is 27.8. The minimum atomic E-state index is -0.242. The van der Waals surface area contributed by atoms with Crippen molar-refractivity contribution in [3.63, 3.8) is 0 Å². The molecule has 7 nitrogen and oxygen atoms in total. The Hall–Kier alpha value is -4.47. The van der Waals surface area contributed by atoms with Crippen LogP contribution < -0.4 is 19.6 Å². The largest absolute Gasteiger partial charge is 0.493 e. The molecule has 0 atom stereocenters. The van der Waals surface area contributed by atoms with Gasteiger partial charge in [-0.05, 0) is 73.4 Å². The van der Waals surface area contributed by atoms with E-state index in [1.807, 2.05) is 86.1 Å². The minimum Gasteiger partial charge on any atom is -0.493 e. The van der Waals surface area contributed by atoms with Crippen molar-refractivity contribution in [2.24, 2.45) is 10.1 Å². The first-order valence-corrected chi connectivity index (χ1v) is 15.7. The van der Waals surface area contributed by atoms with Gasteiger partial charge in [0, 0.05) is 21.1 Å². The lowest BCUT2D eigenvalue weighted by atomic mass is 10.1. The van der Waals surface area contributed by atoms with E-state index in [1.165, 1.54) is 11.3 Å². The normalized spacial score (nSPS) is 11.6. The van der Waals surface area contributed by atoms with E-state index in [2.05, 4.69) is 44.8 Å². The quantitative estimate of drug-likeness (QED) is 0.154. The zero-order chi connectivity index (χ0) is 31.1. The Morgan fingerprint density at radius 1 is 0.955 bits per heavy atom. The van der Waals surface area contributed by atoms with Crippen LogP contribution in [0.2, 0.25) is 0 Å². The first-order valence-electron chi connectivity index (χ1n) is 14.0. The Kier molecular flexibility index (Phi) is 10.1. The van der Waals surface area contributed by atoms with Gasteiger partial charge in [0.1, 0.15) is 0 Å². The molecule has 0 saturated heterocycles. The van der Waals surface area contributed by atoms with Crippen LogP contribution in [-0.4, -0.2) is 30.5 Å². The van der Waals surface area contributed by atoms with Crippen molar-refractivity contribution in [1.29, 1.82) is 0 Å². The van der Waals surface area contributed by atoms with Gasteiger partial charge in [0.25, 0.3) is 5.91 Å². The zero-order valence-electron chi connectivity index (χ0n) is 25.0. The molecule has 0 spiro atoms. The van der Waals surface area contributed by atoms with Crippen LogP contribution in [0, 0.1) is 20.8 Å². The van der Waals surface area contributed by atoms with Crippen LogP contribution in [0.3, 0.4) is 0 Å². The number of aromatic nitrogens is 1. The third-order valence-corrected chi connectivity index (χ3v) is 8.20. The van der Waals surface area contributed by atoms with E-state index in [4.69, 9.17) is 19.6 Å². The fourth-order valence-corrected chi connectivity index (χ4v) is 6.05. The Bertz CT molecular complexity index is 1860. The fraction of sp³-hybridized carbons (Fsp3) is 0.171. The summed E-state index contributed by atoms with van der Waals surface area (Å²) in [6.45, 7) is 6.40. The summed E-state index contributed by atoms with van der Waals surface area (Å²) in [5, 5.41) is 9.87. The van der Waals surface area contributed by atoms with Gasteiger partial charge in [-0.15, -0.1) is 11.3 Å². The second-order valence-electron chi connectivity index (χ2n) is 10.3. The highest BCUT2D eigenvalue weighted by Gasteiger charge is 2.12. The number of anilines is 1. The van der Waals surface area contributed by atoms with Crippen molar-refractivity contribution in [3.8, 4) is 22.8 Å². The maximum atomic E-state index is 12.7. The molecule has 0 aliphatic heterocycles. The van der Waals surface area contributed by atoms with E-state index in [0.717, 1.165) is 54.0 Å². The fourth-order valence-electron chi connectivity index (χ4n) is 4.81. The molecule has 224 valence electrons. The summed E-state index contributed by atoms with van der Waals surface area (Å²) in [5.41, 5.74) is 7.86. The molecule has 5 aromatic rings. The molecule has 1 N–H and O–H groups in total. The van der Waals surface area contributed by atoms with Gasteiger partial charge in [0.15, 0.2) is 18.1 Å². The Morgan fingerprint density at radius 2 is 1.73 bits per heavy atom. The number of nitrogens with one attached hydrogen (secondary N) is 1. The SMILES string of the molecule is COc1cc(/C=N\n2c(-c3cccc(Br)c3)csc2=NCc2ccccc2)ccc1OCC(=O)Nc1c(C)cc(C)cc1C. The zero-order valence-corrected chi connectivity index (χ0v) is 27.4. The van der Waals surface area contributed by atoms with E-state index >= 15 is 0 Å². The van der Waals surface area contributed by atoms with Crippen molar-refractivity contribution in [1.82, 2.24) is 4.68 Å². The van der Waals surface area contributed by atoms with Gasteiger partial charge in [-0.1, -0.05) is 76.1 Å². The average molecular weight is 670 g/mol. The van der Waals surface area contributed by atoms with Crippen LogP contribution in [0.1, 0.15) is 27.8 Å². The topological polar surface area (TPSA) is 77.2 Å². The number of amides is 1. The number of aryl methyl sites for hydroxylation is 3. The number of thiazole rings is 1. The van der Waals surface area contributed by atoms with Crippen molar-refractivity contribution in [2.45, 2.75) is 27.3 Å². The number of carbonyl (C=O) groups is 1. The third-order valence-electron chi connectivity index (χ3n) is 6.86. The highest BCUT2D eigenvalue weighted by Crippen LogP contribution is 2.29. The smallest absolute Gasteiger partial charge is 0.262 e. The summed E-state index contributed by atoms with van der Waals surface area (Å²) in [5.74, 6) is 0.725. The van der Waals surface area contributed by atoms with Gasteiger partial charge in [-0.2, -0.15) is 5.10 Å². The molecule has 1 amide bonds. The lowest BCUT2D eigenvalue weighted by molar-refractivity contribution is -0.118. The first-order chi connectivity index (χ1) is 21.3. The monoisotopic (exact) mass is 668 g/mol. The maximum Gasteiger partial charge on any atom is 0.262 e. The summed E-state index contributed by atoms with van der Waals surface area (Å²) >= 11 is 5.12. The van der Waals surface area contributed by atoms with Gasteiger partial charge in [-0.3, -0.25) is 9.79 Å². The summed E-state index contributed by atoms with van der Waals surface area (Å²) in [7, 11) is 1.57. The number of hydrogen-bond acceptors (Lipinski definition) is 6. The van der Waals surface area contributed by atoms with E-state index in [0.29, 0.717) is 18.0 Å². The number of ether oxygens (including phenoxy) is 2. The molecule has 0 unspecified atom stereocenters. The predicted octanol–water partition coefficient (Wildman–Crippen LogP) is 7.91. The lowest BCUT2D eigenvalue weighted by Gasteiger charge is -2.14. The molecule has 0 bridgehead atoms. The molecule has 0 aliphatic carbocycles. The van der Waals surface area contributed by atoms with E-state index in [9.17, 15) is 4.79 Å². The highest BCUT2D eigenvalue weighted by atomic mass is 79.9. The predicted molar refractivity (Wildman–Crippen MR) is 182 cm³/mol. The lowest BCUT2D eigenvalue weighted by Crippen LogP contribution is -2.21. The number of halogens is 1. The van der Waals surface area contributed by atoms with Crippen LogP contribution in [0.25, 0.3) is 11.3 Å². The Labute approximate surface area is 269 Å². The van der Waals surface area contributed by atoms with Crippen LogP contribution in [0.5, 0.6) is 11.5 Å². The second-order valence-corrected chi connectivity index (χ2v) is 12.0. The molecule has 1 heterocycles. The number of benzene rings is 4. The molecule has 1 aromatic heterocycles. The molecule has 0 saturated carbocycles. The Morgan fingerprint density at radius 3 is 2.45 bits per heavy atom. The summed E-state index contributed by atoms with van der Waals surface area (Å²) < 4.78 is 14.3. The number of hydrogen-bond donors (Lipinski definition) is 1. The highest BCUT2D eigenvalue weighted by molar-refractivity contribution is 9.10. The van der Waals surface area contributed by atoms with Crippen molar-refractivity contribution < 1.29 is 14.3 Å². The van der Waals surface area contributed by atoms with Crippen molar-refractivity contribution in [2.75, 3.05) is 19.0 Å². The molecule has 0 fully saturated rings. The molecule has 0 aliphatic rings. The van der Waals surface area contributed by atoms with Gasteiger partial charge >= 0.3 is 0 Å². The average Bonchev–Trinajstić information content (AvgIpc) is 3.43. The molecule has 4 aromatic carbocycles. The number of nitrogens with zero attached hydrogens (tertiary/aromatic N) is 3. The number of methoxy groups -OCH3 is 1. The first kappa shape index (κ1) is 31.0. The standard InChI is InChI=1S/C35H33BrN4O3S/c1-23-15-24(2)34(25(3)16-23)39-33(41)21-43-31-14-13-27(17-32(31)42-4)20-38-40-30(28-11-8-12-29(36)18-28)22-44-35(40)37-19-26-9-6-5-7-10-26/h5-18,20,22H,19,21H2,1-4H3,(H,39,41)/b37-35?,38-20-. The van der Waals surface area contributed by atoms with Crippen molar-refractivity contribution >= 4 is 45.1 Å². The molecular weight excluding hydrogens is 636 g/mol. The van der Waals surface area contributed by atoms with Crippen LogP contribution in [0.4, 0.5) is 5.69 Å². The van der Waals surface area contributed by atoms with Gasteiger partial charge in [0.2, 0.25) is 4.80 Å². The second kappa shape index (κ2) is 14.3.